The maximum Gasteiger partial charge on any atom is 0.0292 e. The van der Waals surface area contributed by atoms with Gasteiger partial charge in [-0.15, -0.1) is 0 Å². The number of hydrogen-bond donors (Lipinski definition) is 2. The van der Waals surface area contributed by atoms with E-state index in [-0.39, 0.29) is 0 Å². The smallest absolute Gasteiger partial charge is 0.0292 e. The normalized spacial score (nSPS) is 19.3. The molecular formula is C5H14N2. The fourth-order valence-electron chi connectivity index (χ4n) is 0.311. The van der Waals surface area contributed by atoms with Crippen LogP contribution in [-0.2, 0) is 0 Å². The molecule has 0 unspecified atom stereocenters. The Morgan fingerprint density at radius 1 is 1.43 bits per heavy atom. The van der Waals surface area contributed by atoms with Crippen LogP contribution in [0, 0.1) is 0 Å². The van der Waals surface area contributed by atoms with Gasteiger partial charge in [-0.25, -0.2) is 0 Å². The first-order chi connectivity index (χ1) is 3.39. The van der Waals surface area contributed by atoms with Gasteiger partial charge in [-0.3, -0.25) is 0 Å². The molecule has 1 rings (SSSR count). The number of rotatable bonds is 0. The molecule has 44 valence electrons. The van der Waals surface area contributed by atoms with Gasteiger partial charge in [0.05, 0.1) is 0 Å². The molecule has 0 amide bonds. The number of nitrogens with two attached hydrogens (primary N) is 1. The van der Waals surface area contributed by atoms with E-state index in [1.54, 1.807) is 0 Å². The SMILES string of the molecule is CC.NC1CNC1. The predicted octanol–water partition coefficient (Wildman–Crippen LogP) is -0.0569. The standard InChI is InChI=1S/C3H8N2.C2H6/c4-3-1-5-2-3;1-2/h3,5H,1-2,4H2;1-2H3. The highest BCUT2D eigenvalue weighted by molar-refractivity contribution is 4.76. The fraction of sp³-hybridized carbons (Fsp3) is 1.00. The Balaban J connectivity index is 0.000000162. The first kappa shape index (κ1) is 6.92. The second kappa shape index (κ2) is 4.09. The van der Waals surface area contributed by atoms with Gasteiger partial charge < -0.3 is 11.1 Å². The summed E-state index contributed by atoms with van der Waals surface area (Å²) < 4.78 is 0. The molecule has 0 aromatic carbocycles. The van der Waals surface area contributed by atoms with Crippen molar-refractivity contribution >= 4 is 0 Å². The predicted molar refractivity (Wildman–Crippen MR) is 32.2 cm³/mol. The van der Waals surface area contributed by atoms with E-state index in [4.69, 9.17) is 5.73 Å². The lowest BCUT2D eigenvalue weighted by molar-refractivity contribution is 0.445. The Bertz CT molecular complexity index is 33.1. The van der Waals surface area contributed by atoms with Crippen LogP contribution < -0.4 is 11.1 Å². The molecule has 0 bridgehead atoms. The summed E-state index contributed by atoms with van der Waals surface area (Å²) in [6.45, 7) is 6.03. The molecule has 0 radical (unpaired) electrons. The Morgan fingerprint density at radius 2 is 1.71 bits per heavy atom. The molecule has 2 nitrogen and oxygen atoms in total. The van der Waals surface area contributed by atoms with Gasteiger partial charge in [0.2, 0.25) is 0 Å². The lowest BCUT2D eigenvalue weighted by Crippen LogP contribution is -2.52. The Kier molecular flexibility index (Phi) is 4.04. The van der Waals surface area contributed by atoms with Gasteiger partial charge >= 0.3 is 0 Å². The third kappa shape index (κ3) is 2.60. The van der Waals surface area contributed by atoms with Gasteiger partial charge in [-0.2, -0.15) is 0 Å². The van der Waals surface area contributed by atoms with Gasteiger partial charge in [0.15, 0.2) is 0 Å². The van der Waals surface area contributed by atoms with Gasteiger partial charge in [0.1, 0.15) is 0 Å². The summed E-state index contributed by atoms with van der Waals surface area (Å²) in [4.78, 5) is 0. The van der Waals surface area contributed by atoms with Crippen molar-refractivity contribution in [3.8, 4) is 0 Å². The number of hydrogen-bond acceptors (Lipinski definition) is 2. The van der Waals surface area contributed by atoms with Crippen LogP contribution in [0.1, 0.15) is 13.8 Å². The third-order valence-electron chi connectivity index (χ3n) is 0.813. The van der Waals surface area contributed by atoms with Crippen LogP contribution in [-0.4, -0.2) is 19.1 Å². The Morgan fingerprint density at radius 3 is 1.71 bits per heavy atom. The minimum Gasteiger partial charge on any atom is -0.326 e. The molecule has 7 heavy (non-hydrogen) atoms. The summed E-state index contributed by atoms with van der Waals surface area (Å²) in [6, 6.07) is 0.454. The lowest BCUT2D eigenvalue weighted by atomic mass is 10.2. The first-order valence-corrected chi connectivity index (χ1v) is 2.86. The zero-order chi connectivity index (χ0) is 5.70. The van der Waals surface area contributed by atoms with Crippen molar-refractivity contribution < 1.29 is 0 Å². The molecule has 1 aliphatic rings. The van der Waals surface area contributed by atoms with Crippen molar-refractivity contribution in [2.45, 2.75) is 19.9 Å². The summed E-state index contributed by atoms with van der Waals surface area (Å²) in [5.41, 5.74) is 5.32. The molecule has 1 saturated heterocycles. The van der Waals surface area contributed by atoms with Crippen LogP contribution in [0.5, 0.6) is 0 Å². The van der Waals surface area contributed by atoms with Crippen LogP contribution in [0.3, 0.4) is 0 Å². The van der Waals surface area contributed by atoms with Crippen molar-refractivity contribution in [2.75, 3.05) is 13.1 Å². The highest BCUT2D eigenvalue weighted by atomic mass is 15.0. The quantitative estimate of drug-likeness (QED) is 0.450. The molecule has 2 heteroatoms. The van der Waals surface area contributed by atoms with E-state index < -0.39 is 0 Å². The van der Waals surface area contributed by atoms with Crippen molar-refractivity contribution in [1.29, 1.82) is 0 Å². The highest BCUT2D eigenvalue weighted by Gasteiger charge is 2.08. The zero-order valence-corrected chi connectivity index (χ0v) is 5.07. The molecule has 3 N–H and O–H groups in total. The van der Waals surface area contributed by atoms with Crippen molar-refractivity contribution in [3.63, 3.8) is 0 Å². The van der Waals surface area contributed by atoms with E-state index >= 15 is 0 Å². The molecule has 0 aromatic rings. The van der Waals surface area contributed by atoms with E-state index in [1.807, 2.05) is 13.8 Å². The molecule has 0 aromatic heterocycles. The lowest BCUT2D eigenvalue weighted by Gasteiger charge is -2.21. The molecule has 0 spiro atoms. The second-order valence-electron chi connectivity index (χ2n) is 1.42. The van der Waals surface area contributed by atoms with Gasteiger partial charge in [-0.1, -0.05) is 13.8 Å². The Labute approximate surface area is 45.1 Å². The monoisotopic (exact) mass is 102 g/mol. The zero-order valence-electron chi connectivity index (χ0n) is 5.07. The van der Waals surface area contributed by atoms with Crippen LogP contribution in [0.15, 0.2) is 0 Å². The van der Waals surface area contributed by atoms with E-state index in [0.29, 0.717) is 6.04 Å². The van der Waals surface area contributed by atoms with Crippen molar-refractivity contribution in [2.24, 2.45) is 5.73 Å². The summed E-state index contributed by atoms with van der Waals surface area (Å²) >= 11 is 0. The maximum atomic E-state index is 5.32. The maximum absolute atomic E-state index is 5.32. The summed E-state index contributed by atoms with van der Waals surface area (Å²) in [5, 5.41) is 3.04. The largest absolute Gasteiger partial charge is 0.326 e. The Hall–Kier alpha value is -0.0800. The summed E-state index contributed by atoms with van der Waals surface area (Å²) in [7, 11) is 0. The minimum absolute atomic E-state index is 0.454. The van der Waals surface area contributed by atoms with Crippen LogP contribution in [0.2, 0.25) is 0 Å². The third-order valence-corrected chi connectivity index (χ3v) is 0.813. The first-order valence-electron chi connectivity index (χ1n) is 2.86. The van der Waals surface area contributed by atoms with E-state index in [0.717, 1.165) is 13.1 Å². The van der Waals surface area contributed by atoms with Gasteiger partial charge in [0, 0.05) is 19.1 Å². The van der Waals surface area contributed by atoms with Crippen LogP contribution in [0.4, 0.5) is 0 Å². The van der Waals surface area contributed by atoms with Crippen LogP contribution >= 0.6 is 0 Å². The second-order valence-corrected chi connectivity index (χ2v) is 1.42. The summed E-state index contributed by atoms with van der Waals surface area (Å²) in [5.74, 6) is 0. The molecule has 0 saturated carbocycles. The minimum atomic E-state index is 0.454. The molecule has 1 aliphatic heterocycles. The summed E-state index contributed by atoms with van der Waals surface area (Å²) in [6.07, 6.45) is 0. The average Bonchev–Trinajstić information content (AvgIpc) is 1.68. The van der Waals surface area contributed by atoms with Crippen LogP contribution in [0.25, 0.3) is 0 Å². The topological polar surface area (TPSA) is 38.0 Å². The molecule has 1 heterocycles. The van der Waals surface area contributed by atoms with Gasteiger partial charge in [-0.05, 0) is 0 Å². The molecule has 0 aliphatic carbocycles. The van der Waals surface area contributed by atoms with Crippen molar-refractivity contribution in [3.05, 3.63) is 0 Å². The molecule has 1 fully saturated rings. The van der Waals surface area contributed by atoms with E-state index in [1.165, 1.54) is 0 Å². The van der Waals surface area contributed by atoms with E-state index in [9.17, 15) is 0 Å². The average molecular weight is 102 g/mol. The van der Waals surface area contributed by atoms with E-state index in [2.05, 4.69) is 5.32 Å². The fourth-order valence-corrected chi connectivity index (χ4v) is 0.311. The highest BCUT2D eigenvalue weighted by Crippen LogP contribution is 1.80. The molecule has 0 atom stereocenters. The van der Waals surface area contributed by atoms with Gasteiger partial charge in [0.25, 0.3) is 0 Å². The molecular weight excluding hydrogens is 88.1 g/mol. The van der Waals surface area contributed by atoms with Crippen molar-refractivity contribution in [1.82, 2.24) is 5.32 Å². The number of nitrogens with one attached hydrogen (secondary N) is 1.